The van der Waals surface area contributed by atoms with Crippen LogP contribution in [0.5, 0.6) is 0 Å². The molecule has 5 nitrogen and oxygen atoms in total. The second-order valence-electron chi connectivity index (χ2n) is 5.91. The summed E-state index contributed by atoms with van der Waals surface area (Å²) in [6.45, 7) is 6.42. The average molecular weight is 318 g/mol. The molecule has 0 unspecified atom stereocenters. The number of carbonyl (C=O) groups excluding carboxylic acids is 2. The molecule has 2 rings (SSSR count). The molecule has 1 aromatic carbocycles. The maximum atomic E-state index is 12.2. The van der Waals surface area contributed by atoms with Gasteiger partial charge in [-0.15, -0.1) is 0 Å². The molecule has 5 heteroatoms. The third-order valence-corrected chi connectivity index (χ3v) is 4.08. The standard InChI is InChI=1S/C18H26N2O3/c1-3-10-19-13-17(21)20(15(2)18(19)22)11-7-12-23-14-16-8-5-4-6-9-16/h4-6,8-9,15H,3,7,10-14H2,1-2H3/t15-/m1/s1. The van der Waals surface area contributed by atoms with E-state index in [4.69, 9.17) is 4.74 Å². The van der Waals surface area contributed by atoms with E-state index < -0.39 is 0 Å². The Labute approximate surface area is 138 Å². The van der Waals surface area contributed by atoms with Gasteiger partial charge in [-0.2, -0.15) is 0 Å². The van der Waals surface area contributed by atoms with Crippen LogP contribution in [0.3, 0.4) is 0 Å². The van der Waals surface area contributed by atoms with Crippen LogP contribution >= 0.6 is 0 Å². The molecular formula is C18H26N2O3. The fraction of sp³-hybridized carbons (Fsp3) is 0.556. The van der Waals surface area contributed by atoms with Gasteiger partial charge >= 0.3 is 0 Å². The van der Waals surface area contributed by atoms with Gasteiger partial charge in [0.05, 0.1) is 13.2 Å². The van der Waals surface area contributed by atoms with Gasteiger partial charge in [0.2, 0.25) is 11.8 Å². The Morgan fingerprint density at radius 3 is 2.61 bits per heavy atom. The van der Waals surface area contributed by atoms with Crippen LogP contribution in [0.1, 0.15) is 32.3 Å². The zero-order valence-electron chi connectivity index (χ0n) is 14.0. The van der Waals surface area contributed by atoms with Crippen LogP contribution in [0.4, 0.5) is 0 Å². The Morgan fingerprint density at radius 2 is 1.91 bits per heavy atom. The second-order valence-corrected chi connectivity index (χ2v) is 5.91. The summed E-state index contributed by atoms with van der Waals surface area (Å²) in [5.41, 5.74) is 1.14. The molecule has 2 amide bonds. The molecule has 1 aromatic rings. The Kier molecular flexibility index (Phi) is 6.59. The number of benzene rings is 1. The molecule has 0 bridgehead atoms. The van der Waals surface area contributed by atoms with Crippen LogP contribution in [-0.4, -0.2) is 53.9 Å². The minimum atomic E-state index is -0.364. The van der Waals surface area contributed by atoms with Crippen LogP contribution in [0.25, 0.3) is 0 Å². The lowest BCUT2D eigenvalue weighted by molar-refractivity contribution is -0.155. The first-order valence-electron chi connectivity index (χ1n) is 8.33. The van der Waals surface area contributed by atoms with Gasteiger partial charge in [0.25, 0.3) is 0 Å². The molecule has 0 spiro atoms. The largest absolute Gasteiger partial charge is 0.377 e. The van der Waals surface area contributed by atoms with Crippen LogP contribution in [-0.2, 0) is 20.9 Å². The monoisotopic (exact) mass is 318 g/mol. The van der Waals surface area contributed by atoms with E-state index in [2.05, 4.69) is 0 Å². The Bertz CT molecular complexity index is 518. The zero-order valence-corrected chi connectivity index (χ0v) is 14.0. The van der Waals surface area contributed by atoms with Crippen molar-refractivity contribution in [3.05, 3.63) is 35.9 Å². The van der Waals surface area contributed by atoms with Crippen molar-refractivity contribution < 1.29 is 14.3 Å². The molecule has 0 N–H and O–H groups in total. The topological polar surface area (TPSA) is 49.9 Å². The third kappa shape index (κ3) is 4.79. The number of ether oxygens (including phenoxy) is 1. The highest BCUT2D eigenvalue weighted by Crippen LogP contribution is 2.13. The van der Waals surface area contributed by atoms with E-state index >= 15 is 0 Å². The molecule has 1 saturated heterocycles. The number of hydrogen-bond donors (Lipinski definition) is 0. The minimum Gasteiger partial charge on any atom is -0.377 e. The Balaban J connectivity index is 1.72. The normalized spacial score (nSPS) is 18.6. The van der Waals surface area contributed by atoms with E-state index in [9.17, 15) is 9.59 Å². The van der Waals surface area contributed by atoms with Crippen molar-refractivity contribution in [2.75, 3.05) is 26.2 Å². The molecule has 0 radical (unpaired) electrons. The van der Waals surface area contributed by atoms with Gasteiger partial charge < -0.3 is 14.5 Å². The lowest BCUT2D eigenvalue weighted by Crippen LogP contribution is -2.59. The lowest BCUT2D eigenvalue weighted by Gasteiger charge is -2.38. The molecule has 1 aliphatic heterocycles. The first kappa shape index (κ1) is 17.5. The van der Waals surface area contributed by atoms with Crippen molar-refractivity contribution in [1.82, 2.24) is 9.80 Å². The fourth-order valence-corrected chi connectivity index (χ4v) is 2.82. The molecule has 126 valence electrons. The van der Waals surface area contributed by atoms with E-state index in [-0.39, 0.29) is 24.4 Å². The molecule has 1 fully saturated rings. The number of piperazine rings is 1. The Morgan fingerprint density at radius 1 is 1.17 bits per heavy atom. The summed E-state index contributed by atoms with van der Waals surface area (Å²) in [4.78, 5) is 27.8. The minimum absolute atomic E-state index is 0.0357. The summed E-state index contributed by atoms with van der Waals surface area (Å²) in [6, 6.07) is 9.64. The molecule has 1 aliphatic rings. The van der Waals surface area contributed by atoms with E-state index in [0.29, 0.717) is 26.3 Å². The summed E-state index contributed by atoms with van der Waals surface area (Å²) in [5.74, 6) is 0.0882. The van der Waals surface area contributed by atoms with E-state index in [0.717, 1.165) is 18.4 Å². The predicted molar refractivity (Wildman–Crippen MR) is 88.8 cm³/mol. The number of rotatable bonds is 8. The third-order valence-electron chi connectivity index (χ3n) is 4.08. The van der Waals surface area contributed by atoms with Crippen LogP contribution in [0, 0.1) is 0 Å². The number of amides is 2. The zero-order chi connectivity index (χ0) is 16.7. The van der Waals surface area contributed by atoms with Gasteiger partial charge in [-0.3, -0.25) is 9.59 Å². The maximum absolute atomic E-state index is 12.2. The van der Waals surface area contributed by atoms with E-state index in [1.807, 2.05) is 44.2 Å². The van der Waals surface area contributed by atoms with Crippen molar-refractivity contribution >= 4 is 11.8 Å². The molecule has 0 aromatic heterocycles. The first-order valence-corrected chi connectivity index (χ1v) is 8.33. The molecular weight excluding hydrogens is 292 g/mol. The van der Waals surface area contributed by atoms with E-state index in [1.165, 1.54) is 0 Å². The average Bonchev–Trinajstić information content (AvgIpc) is 2.56. The molecule has 0 aliphatic carbocycles. The quantitative estimate of drug-likeness (QED) is 0.689. The molecule has 1 atom stereocenters. The molecule has 1 heterocycles. The van der Waals surface area contributed by atoms with Gasteiger partial charge in [-0.1, -0.05) is 37.3 Å². The molecule has 0 saturated carbocycles. The lowest BCUT2D eigenvalue weighted by atomic mass is 10.1. The van der Waals surface area contributed by atoms with Crippen LogP contribution < -0.4 is 0 Å². The second kappa shape index (κ2) is 8.67. The van der Waals surface area contributed by atoms with Gasteiger partial charge in [-0.05, 0) is 25.3 Å². The van der Waals surface area contributed by atoms with Crippen molar-refractivity contribution in [2.24, 2.45) is 0 Å². The van der Waals surface area contributed by atoms with Gasteiger partial charge in [0.15, 0.2) is 0 Å². The first-order chi connectivity index (χ1) is 11.1. The smallest absolute Gasteiger partial charge is 0.245 e. The van der Waals surface area contributed by atoms with Crippen LogP contribution in [0.15, 0.2) is 30.3 Å². The summed E-state index contributed by atoms with van der Waals surface area (Å²) < 4.78 is 5.63. The van der Waals surface area contributed by atoms with Crippen LogP contribution in [0.2, 0.25) is 0 Å². The van der Waals surface area contributed by atoms with Crippen molar-refractivity contribution in [3.63, 3.8) is 0 Å². The SMILES string of the molecule is CCCN1CC(=O)N(CCCOCc2ccccc2)[C@H](C)C1=O. The van der Waals surface area contributed by atoms with Crippen molar-refractivity contribution in [3.8, 4) is 0 Å². The summed E-state index contributed by atoms with van der Waals surface area (Å²) >= 11 is 0. The maximum Gasteiger partial charge on any atom is 0.245 e. The summed E-state index contributed by atoms with van der Waals surface area (Å²) in [6.07, 6.45) is 1.61. The number of carbonyl (C=O) groups is 2. The summed E-state index contributed by atoms with van der Waals surface area (Å²) in [7, 11) is 0. The fourth-order valence-electron chi connectivity index (χ4n) is 2.82. The number of nitrogens with zero attached hydrogens (tertiary/aromatic N) is 2. The number of hydrogen-bond acceptors (Lipinski definition) is 3. The Hall–Kier alpha value is -1.88. The highest BCUT2D eigenvalue weighted by Gasteiger charge is 2.35. The molecule has 23 heavy (non-hydrogen) atoms. The highest BCUT2D eigenvalue weighted by atomic mass is 16.5. The van der Waals surface area contributed by atoms with Gasteiger partial charge in [-0.25, -0.2) is 0 Å². The van der Waals surface area contributed by atoms with Crippen molar-refractivity contribution in [1.29, 1.82) is 0 Å². The highest BCUT2D eigenvalue weighted by molar-refractivity contribution is 5.94. The predicted octanol–water partition coefficient (Wildman–Crippen LogP) is 2.06. The van der Waals surface area contributed by atoms with Gasteiger partial charge in [0, 0.05) is 19.7 Å². The van der Waals surface area contributed by atoms with Crippen molar-refractivity contribution in [2.45, 2.75) is 39.3 Å². The van der Waals surface area contributed by atoms with Gasteiger partial charge in [0.1, 0.15) is 6.04 Å². The van der Waals surface area contributed by atoms with E-state index in [1.54, 1.807) is 9.80 Å². The summed E-state index contributed by atoms with van der Waals surface area (Å²) in [5, 5.41) is 0.